The number of amides is 2. The van der Waals surface area contributed by atoms with Gasteiger partial charge in [0.15, 0.2) is 0 Å². The van der Waals surface area contributed by atoms with Gasteiger partial charge >= 0.3 is 12.1 Å². The van der Waals surface area contributed by atoms with Crippen LogP contribution < -0.4 is 5.32 Å². The highest BCUT2D eigenvalue weighted by molar-refractivity contribution is 5.91. The molecule has 2 aliphatic carbocycles. The first-order valence-electron chi connectivity index (χ1n) is 12.0. The number of fused-ring (bicyclic) bond motifs is 4. The second-order valence-electron chi connectivity index (χ2n) is 9.92. The lowest BCUT2D eigenvalue weighted by Crippen LogP contribution is -2.59. The number of aliphatic carboxylic acids is 1. The van der Waals surface area contributed by atoms with Crippen LogP contribution in [-0.4, -0.2) is 52.7 Å². The number of ether oxygens (including phenoxy) is 1. The maximum atomic E-state index is 13.4. The highest BCUT2D eigenvalue weighted by Gasteiger charge is 2.59. The Morgan fingerprint density at radius 3 is 2.26 bits per heavy atom. The van der Waals surface area contributed by atoms with Gasteiger partial charge in [-0.25, -0.2) is 4.79 Å². The summed E-state index contributed by atoms with van der Waals surface area (Å²) in [6.07, 6.45) is 1.22. The molecule has 34 heavy (non-hydrogen) atoms. The molecule has 2 heterocycles. The van der Waals surface area contributed by atoms with Gasteiger partial charge in [0.1, 0.15) is 12.1 Å². The summed E-state index contributed by atoms with van der Waals surface area (Å²) in [6.45, 7) is 4.28. The first-order valence-corrected chi connectivity index (χ1v) is 12.0. The van der Waals surface area contributed by atoms with Gasteiger partial charge in [-0.3, -0.25) is 9.59 Å². The Morgan fingerprint density at radius 2 is 1.71 bits per heavy atom. The van der Waals surface area contributed by atoms with Gasteiger partial charge in [0.25, 0.3) is 0 Å². The van der Waals surface area contributed by atoms with E-state index in [0.717, 1.165) is 28.7 Å². The summed E-state index contributed by atoms with van der Waals surface area (Å²) in [6, 6.07) is 16.0. The average Bonchev–Trinajstić information content (AvgIpc) is 3.48. The number of rotatable bonds is 7. The predicted octanol–water partition coefficient (Wildman–Crippen LogP) is 4.02. The topological polar surface area (TPSA) is 95.9 Å². The van der Waals surface area contributed by atoms with Gasteiger partial charge in [-0.15, -0.1) is 0 Å². The molecule has 2 aliphatic heterocycles. The van der Waals surface area contributed by atoms with E-state index in [1.165, 1.54) is 0 Å². The van der Waals surface area contributed by atoms with Gasteiger partial charge in [-0.2, -0.15) is 0 Å². The average molecular weight is 463 g/mol. The fourth-order valence-electron chi connectivity index (χ4n) is 6.12. The number of hydrogen-bond donors (Lipinski definition) is 2. The summed E-state index contributed by atoms with van der Waals surface area (Å²) in [5.41, 5.74) is 3.41. The van der Waals surface area contributed by atoms with E-state index in [1.807, 2.05) is 31.2 Å². The minimum Gasteiger partial charge on any atom is -0.481 e. The normalized spacial score (nSPS) is 23.9. The van der Waals surface area contributed by atoms with Crippen LogP contribution in [0.1, 0.15) is 50.2 Å². The van der Waals surface area contributed by atoms with Gasteiger partial charge in [0.2, 0.25) is 5.91 Å². The third-order valence-corrected chi connectivity index (χ3v) is 7.79. The molecule has 4 atom stereocenters. The Hall–Kier alpha value is -3.35. The number of alkyl carbamates (subject to hydrolysis) is 1. The SMILES string of the molecule is CCCC(C)(NC(=O)OCC1c2ccccc2-c2ccccc21)C(=O)N1CC2CC1C2C(=O)O. The van der Waals surface area contributed by atoms with Crippen LogP contribution in [0.25, 0.3) is 11.1 Å². The van der Waals surface area contributed by atoms with Gasteiger partial charge in [-0.1, -0.05) is 61.9 Å². The molecule has 2 aromatic rings. The van der Waals surface area contributed by atoms with Crippen LogP contribution in [-0.2, 0) is 14.3 Å². The molecule has 2 saturated heterocycles. The van der Waals surface area contributed by atoms with Crippen LogP contribution in [0.5, 0.6) is 0 Å². The van der Waals surface area contributed by atoms with Crippen molar-refractivity contribution < 1.29 is 24.2 Å². The van der Waals surface area contributed by atoms with E-state index in [4.69, 9.17) is 4.74 Å². The molecule has 2 amide bonds. The Balaban J connectivity index is 1.28. The van der Waals surface area contributed by atoms with Crippen molar-refractivity contribution in [2.75, 3.05) is 13.2 Å². The Morgan fingerprint density at radius 1 is 1.09 bits per heavy atom. The summed E-state index contributed by atoms with van der Waals surface area (Å²) in [5, 5.41) is 12.3. The molecular formula is C27H30N2O5. The van der Waals surface area contributed by atoms with E-state index in [0.29, 0.717) is 19.4 Å². The van der Waals surface area contributed by atoms with Crippen molar-refractivity contribution in [2.24, 2.45) is 11.8 Å². The number of nitrogens with one attached hydrogen (secondary N) is 1. The Bertz CT molecular complexity index is 1100. The molecule has 1 saturated carbocycles. The summed E-state index contributed by atoms with van der Waals surface area (Å²) >= 11 is 0. The number of carbonyl (C=O) groups excluding carboxylic acids is 2. The second-order valence-corrected chi connectivity index (χ2v) is 9.92. The minimum atomic E-state index is -1.14. The van der Waals surface area contributed by atoms with E-state index in [1.54, 1.807) is 11.8 Å². The van der Waals surface area contributed by atoms with Crippen LogP contribution in [0.3, 0.4) is 0 Å². The Kier molecular flexibility index (Phi) is 5.58. The standard InChI is InChI=1S/C27H30N2O5/c1-3-12-27(2,25(32)29-14-16-13-22(29)23(16)24(30)31)28-26(33)34-15-21-19-10-6-4-8-17(19)18-9-5-7-11-20(18)21/h4-11,16,21-23H,3,12-15H2,1-2H3,(H,28,33)(H,30,31). The fourth-order valence-corrected chi connectivity index (χ4v) is 6.12. The highest BCUT2D eigenvalue weighted by atomic mass is 16.5. The zero-order valence-electron chi connectivity index (χ0n) is 19.5. The minimum absolute atomic E-state index is 0.00628. The summed E-state index contributed by atoms with van der Waals surface area (Å²) in [7, 11) is 0. The first-order chi connectivity index (χ1) is 16.3. The van der Waals surface area contributed by atoms with Crippen LogP contribution in [0, 0.1) is 11.8 Å². The monoisotopic (exact) mass is 462 g/mol. The summed E-state index contributed by atoms with van der Waals surface area (Å²) in [4.78, 5) is 39.5. The lowest BCUT2D eigenvalue weighted by molar-refractivity contribution is -0.149. The molecule has 7 nitrogen and oxygen atoms in total. The molecule has 6 rings (SSSR count). The lowest BCUT2D eigenvalue weighted by atomic mass is 9.74. The zero-order chi connectivity index (χ0) is 24.0. The largest absolute Gasteiger partial charge is 0.481 e. The van der Waals surface area contributed by atoms with Crippen LogP contribution in [0.4, 0.5) is 4.79 Å². The maximum Gasteiger partial charge on any atom is 0.408 e. The van der Waals surface area contributed by atoms with Crippen LogP contribution >= 0.6 is 0 Å². The molecule has 178 valence electrons. The van der Waals surface area contributed by atoms with E-state index in [2.05, 4.69) is 29.6 Å². The lowest BCUT2D eigenvalue weighted by Gasteiger charge is -2.37. The molecule has 3 fully saturated rings. The quantitative estimate of drug-likeness (QED) is 0.648. The van der Waals surface area contributed by atoms with Crippen molar-refractivity contribution in [3.8, 4) is 11.1 Å². The zero-order valence-corrected chi connectivity index (χ0v) is 19.5. The molecule has 0 spiro atoms. The van der Waals surface area contributed by atoms with Crippen LogP contribution in [0.2, 0.25) is 0 Å². The van der Waals surface area contributed by atoms with Crippen molar-refractivity contribution in [1.82, 2.24) is 10.2 Å². The van der Waals surface area contributed by atoms with Crippen molar-refractivity contribution in [2.45, 2.75) is 50.6 Å². The molecule has 2 aromatic carbocycles. The molecule has 0 radical (unpaired) electrons. The van der Waals surface area contributed by atoms with Crippen molar-refractivity contribution in [3.63, 3.8) is 0 Å². The number of benzene rings is 2. The molecule has 7 heteroatoms. The van der Waals surface area contributed by atoms with Crippen molar-refractivity contribution in [1.29, 1.82) is 0 Å². The highest BCUT2D eigenvalue weighted by Crippen LogP contribution is 2.47. The third-order valence-electron chi connectivity index (χ3n) is 7.79. The smallest absolute Gasteiger partial charge is 0.408 e. The van der Waals surface area contributed by atoms with E-state index < -0.39 is 23.5 Å². The van der Waals surface area contributed by atoms with Crippen molar-refractivity contribution >= 4 is 18.0 Å². The van der Waals surface area contributed by atoms with Crippen molar-refractivity contribution in [3.05, 3.63) is 59.7 Å². The van der Waals surface area contributed by atoms with E-state index in [-0.39, 0.29) is 30.4 Å². The predicted molar refractivity (Wildman–Crippen MR) is 126 cm³/mol. The summed E-state index contributed by atoms with van der Waals surface area (Å²) < 4.78 is 5.68. The number of carbonyl (C=O) groups is 3. The van der Waals surface area contributed by atoms with Gasteiger partial charge in [0, 0.05) is 18.5 Å². The number of hydrogen-bond acceptors (Lipinski definition) is 4. The molecule has 4 aliphatic rings. The van der Waals surface area contributed by atoms with E-state index in [9.17, 15) is 19.5 Å². The summed E-state index contributed by atoms with van der Waals surface area (Å²) in [5.74, 6) is -1.62. The van der Waals surface area contributed by atoms with Gasteiger partial charge in [-0.05, 0) is 47.9 Å². The fraction of sp³-hybridized carbons (Fsp3) is 0.444. The molecule has 0 aromatic heterocycles. The second kappa shape index (κ2) is 8.46. The van der Waals surface area contributed by atoms with Gasteiger partial charge in [0.05, 0.1) is 5.92 Å². The van der Waals surface area contributed by atoms with Gasteiger partial charge < -0.3 is 20.1 Å². The molecular weight excluding hydrogens is 432 g/mol. The molecule has 4 unspecified atom stereocenters. The number of nitrogens with zero attached hydrogens (tertiary/aromatic N) is 1. The van der Waals surface area contributed by atoms with E-state index >= 15 is 0 Å². The Labute approximate surface area is 199 Å². The van der Waals surface area contributed by atoms with Crippen LogP contribution in [0.15, 0.2) is 48.5 Å². The number of carboxylic acids is 1. The third kappa shape index (κ3) is 3.54. The molecule has 2 N–H and O–H groups in total. The first kappa shape index (κ1) is 22.4. The molecule has 2 bridgehead atoms. The number of carboxylic acid groups (broad SMARTS) is 1. The maximum absolute atomic E-state index is 13.4.